The number of methoxy groups -OCH3 is 1. The van der Waals surface area contributed by atoms with Gasteiger partial charge in [-0.2, -0.15) is 0 Å². The van der Waals surface area contributed by atoms with Crippen LogP contribution in [0.5, 0.6) is 11.5 Å². The van der Waals surface area contributed by atoms with Crippen LogP contribution in [0.2, 0.25) is 0 Å². The third-order valence-corrected chi connectivity index (χ3v) is 7.34. The molecule has 2 atom stereocenters. The van der Waals surface area contributed by atoms with Gasteiger partial charge in [0.1, 0.15) is 18.1 Å². The maximum atomic E-state index is 13.9. The predicted molar refractivity (Wildman–Crippen MR) is 151 cm³/mol. The molecule has 0 saturated heterocycles. The first-order valence-corrected chi connectivity index (χ1v) is 13.0. The lowest BCUT2D eigenvalue weighted by Gasteiger charge is -2.30. The molecule has 0 spiro atoms. The van der Waals surface area contributed by atoms with Crippen LogP contribution in [0, 0.1) is 0 Å². The number of hydrogen-bond acceptors (Lipinski definition) is 5. The standard InChI is InChI=1S/C33H30N2O3/c1-37-25-13-9-12-23(18-25)24-19-29-32(30(36)20-24)33(35-28-16-7-6-15-27(28)34-29)26-14-5-8-17-31(26)38-21-22-10-3-2-4-11-22/h2-18,24,33-35H,19-21H2,1H3/t24-,33+/m1/s1. The van der Waals surface area contributed by atoms with Crippen molar-refractivity contribution in [1.82, 2.24) is 0 Å². The number of ether oxygens (including phenoxy) is 2. The molecule has 38 heavy (non-hydrogen) atoms. The highest BCUT2D eigenvalue weighted by molar-refractivity contribution is 6.01. The summed E-state index contributed by atoms with van der Waals surface area (Å²) >= 11 is 0. The fourth-order valence-electron chi connectivity index (χ4n) is 5.44. The van der Waals surface area contributed by atoms with E-state index >= 15 is 0 Å². The number of anilines is 2. The lowest BCUT2D eigenvalue weighted by atomic mass is 9.78. The van der Waals surface area contributed by atoms with E-state index in [1.807, 2.05) is 78.9 Å². The number of carbonyl (C=O) groups is 1. The van der Waals surface area contributed by atoms with Crippen molar-refractivity contribution in [3.05, 3.63) is 131 Å². The van der Waals surface area contributed by atoms with Crippen molar-refractivity contribution in [2.75, 3.05) is 17.7 Å². The maximum absolute atomic E-state index is 13.9. The highest BCUT2D eigenvalue weighted by Crippen LogP contribution is 2.46. The second kappa shape index (κ2) is 10.5. The van der Waals surface area contributed by atoms with Gasteiger partial charge in [-0.1, -0.05) is 72.8 Å². The van der Waals surface area contributed by atoms with Crippen molar-refractivity contribution >= 4 is 17.2 Å². The molecule has 0 aromatic heterocycles. The maximum Gasteiger partial charge on any atom is 0.163 e. The lowest BCUT2D eigenvalue weighted by Crippen LogP contribution is -2.27. The zero-order valence-corrected chi connectivity index (χ0v) is 21.3. The Kier molecular flexibility index (Phi) is 6.57. The molecular formula is C33H30N2O3. The Morgan fingerprint density at radius 3 is 2.42 bits per heavy atom. The average molecular weight is 503 g/mol. The first-order chi connectivity index (χ1) is 18.7. The number of hydrogen-bond donors (Lipinski definition) is 2. The molecule has 4 aromatic carbocycles. The number of Topliss-reactive ketones (excluding diaryl/α,β-unsaturated/α-hetero) is 1. The van der Waals surface area contributed by atoms with Crippen molar-refractivity contribution in [3.8, 4) is 11.5 Å². The summed E-state index contributed by atoms with van der Waals surface area (Å²) in [6.45, 7) is 0.456. The summed E-state index contributed by atoms with van der Waals surface area (Å²) in [5.74, 6) is 1.77. The minimum Gasteiger partial charge on any atom is -0.497 e. The van der Waals surface area contributed by atoms with E-state index < -0.39 is 0 Å². The van der Waals surface area contributed by atoms with Crippen LogP contribution in [0.25, 0.3) is 0 Å². The minimum absolute atomic E-state index is 0.0688. The summed E-state index contributed by atoms with van der Waals surface area (Å²) in [6, 6.07) is 34.0. The van der Waals surface area contributed by atoms with E-state index in [9.17, 15) is 4.79 Å². The number of fused-ring (bicyclic) bond motifs is 1. The second-order valence-electron chi connectivity index (χ2n) is 9.76. The van der Waals surface area contributed by atoms with Gasteiger partial charge in [0.25, 0.3) is 0 Å². The Morgan fingerprint density at radius 1 is 0.816 bits per heavy atom. The second-order valence-corrected chi connectivity index (χ2v) is 9.76. The predicted octanol–water partition coefficient (Wildman–Crippen LogP) is 7.25. The Balaban J connectivity index is 1.40. The SMILES string of the molecule is COc1cccc([C@H]2CC(=O)C3=C(C2)Nc2ccccc2N[C@H]3c2ccccc2OCc2ccccc2)c1. The molecule has 190 valence electrons. The summed E-state index contributed by atoms with van der Waals surface area (Å²) in [7, 11) is 1.67. The molecule has 0 saturated carbocycles. The molecule has 0 radical (unpaired) electrons. The van der Waals surface area contributed by atoms with Crippen LogP contribution < -0.4 is 20.1 Å². The molecule has 5 nitrogen and oxygen atoms in total. The molecule has 1 aliphatic carbocycles. The molecule has 5 heteroatoms. The molecule has 0 amide bonds. The Bertz CT molecular complexity index is 1500. The van der Waals surface area contributed by atoms with Crippen molar-refractivity contribution in [1.29, 1.82) is 0 Å². The normalized spacial score (nSPS) is 18.4. The van der Waals surface area contributed by atoms with Crippen LogP contribution in [-0.2, 0) is 11.4 Å². The number of allylic oxidation sites excluding steroid dienone is 1. The average Bonchev–Trinajstić information content (AvgIpc) is 3.14. The number of benzene rings is 4. The summed E-state index contributed by atoms with van der Waals surface area (Å²) in [6.07, 6.45) is 1.17. The van der Waals surface area contributed by atoms with E-state index in [-0.39, 0.29) is 17.7 Å². The van der Waals surface area contributed by atoms with Gasteiger partial charge in [0.05, 0.1) is 24.5 Å². The topological polar surface area (TPSA) is 59.6 Å². The fraction of sp³-hybridized carbons (Fsp3) is 0.182. The first kappa shape index (κ1) is 23.9. The van der Waals surface area contributed by atoms with E-state index in [0.717, 1.165) is 57.3 Å². The van der Waals surface area contributed by atoms with Crippen molar-refractivity contribution in [3.63, 3.8) is 0 Å². The van der Waals surface area contributed by atoms with Gasteiger partial charge in [0.2, 0.25) is 0 Å². The Labute approximate surface area is 223 Å². The number of rotatable bonds is 6. The van der Waals surface area contributed by atoms with Crippen molar-refractivity contribution < 1.29 is 14.3 Å². The van der Waals surface area contributed by atoms with E-state index in [1.165, 1.54) is 0 Å². The Hall–Kier alpha value is -4.51. The number of nitrogens with one attached hydrogen (secondary N) is 2. The van der Waals surface area contributed by atoms with Crippen molar-refractivity contribution in [2.45, 2.75) is 31.4 Å². The summed E-state index contributed by atoms with van der Waals surface area (Å²) in [5.41, 5.74) is 6.80. The number of carbonyl (C=O) groups excluding carboxylic acids is 1. The first-order valence-electron chi connectivity index (χ1n) is 13.0. The molecule has 4 aromatic rings. The van der Waals surface area contributed by atoms with E-state index in [2.05, 4.69) is 34.9 Å². The molecule has 0 bridgehead atoms. The van der Waals surface area contributed by atoms with Crippen LogP contribution >= 0.6 is 0 Å². The number of para-hydroxylation sites is 3. The van der Waals surface area contributed by atoms with Crippen molar-refractivity contribution in [2.24, 2.45) is 0 Å². The van der Waals surface area contributed by atoms with Gasteiger partial charge in [0.15, 0.2) is 5.78 Å². The van der Waals surface area contributed by atoms with Gasteiger partial charge in [0, 0.05) is 23.3 Å². The lowest BCUT2D eigenvalue weighted by molar-refractivity contribution is -0.116. The molecule has 0 fully saturated rings. The zero-order valence-electron chi connectivity index (χ0n) is 21.3. The highest BCUT2D eigenvalue weighted by atomic mass is 16.5. The molecule has 1 aliphatic heterocycles. The number of ketones is 1. The van der Waals surface area contributed by atoms with Crippen LogP contribution in [0.15, 0.2) is 114 Å². The van der Waals surface area contributed by atoms with Gasteiger partial charge >= 0.3 is 0 Å². The van der Waals surface area contributed by atoms with Crippen LogP contribution in [0.1, 0.15) is 41.5 Å². The van der Waals surface area contributed by atoms with E-state index in [0.29, 0.717) is 13.0 Å². The zero-order chi connectivity index (χ0) is 25.9. The smallest absolute Gasteiger partial charge is 0.163 e. The molecular weight excluding hydrogens is 472 g/mol. The summed E-state index contributed by atoms with van der Waals surface area (Å²) in [5, 5.41) is 7.30. The molecule has 0 unspecified atom stereocenters. The minimum atomic E-state index is -0.341. The molecule has 1 heterocycles. The van der Waals surface area contributed by atoms with Gasteiger partial charge in [-0.15, -0.1) is 0 Å². The van der Waals surface area contributed by atoms with Crippen LogP contribution in [0.4, 0.5) is 11.4 Å². The third kappa shape index (κ3) is 4.75. The third-order valence-electron chi connectivity index (χ3n) is 7.34. The Morgan fingerprint density at radius 2 is 1.58 bits per heavy atom. The van der Waals surface area contributed by atoms with Gasteiger partial charge < -0.3 is 20.1 Å². The monoisotopic (exact) mass is 502 g/mol. The van der Waals surface area contributed by atoms with Crippen LogP contribution in [0.3, 0.4) is 0 Å². The quantitative estimate of drug-likeness (QED) is 0.291. The molecule has 6 rings (SSSR count). The molecule has 2 N–H and O–H groups in total. The highest BCUT2D eigenvalue weighted by Gasteiger charge is 2.37. The van der Waals surface area contributed by atoms with Gasteiger partial charge in [-0.3, -0.25) is 4.79 Å². The summed E-state index contributed by atoms with van der Waals surface area (Å²) < 4.78 is 11.8. The summed E-state index contributed by atoms with van der Waals surface area (Å²) in [4.78, 5) is 13.9. The van der Waals surface area contributed by atoms with E-state index in [1.54, 1.807) is 7.11 Å². The fourth-order valence-corrected chi connectivity index (χ4v) is 5.44. The van der Waals surface area contributed by atoms with E-state index in [4.69, 9.17) is 9.47 Å². The molecule has 2 aliphatic rings. The van der Waals surface area contributed by atoms with Gasteiger partial charge in [-0.05, 0) is 53.8 Å². The largest absolute Gasteiger partial charge is 0.497 e. The van der Waals surface area contributed by atoms with Crippen LogP contribution in [-0.4, -0.2) is 12.9 Å². The van der Waals surface area contributed by atoms with Gasteiger partial charge in [-0.25, -0.2) is 0 Å².